The van der Waals surface area contributed by atoms with Gasteiger partial charge >= 0.3 is 0 Å². The lowest BCUT2D eigenvalue weighted by Gasteiger charge is -2.05. The van der Waals surface area contributed by atoms with Gasteiger partial charge in [-0.25, -0.2) is 5.43 Å². The van der Waals surface area contributed by atoms with Crippen LogP contribution < -0.4 is 11.0 Å². The van der Waals surface area contributed by atoms with E-state index in [-0.39, 0.29) is 23.1 Å². The van der Waals surface area contributed by atoms with Crippen molar-refractivity contribution in [3.8, 4) is 11.3 Å². The van der Waals surface area contributed by atoms with Crippen LogP contribution in [0.4, 0.5) is 5.95 Å². The summed E-state index contributed by atoms with van der Waals surface area (Å²) in [6, 6.07) is 19.2. The number of benzene rings is 2. The minimum atomic E-state index is -0.315. The normalized spacial score (nSPS) is 12.2. The van der Waals surface area contributed by atoms with Gasteiger partial charge in [0.05, 0.1) is 0 Å². The first-order chi connectivity index (χ1) is 11.7. The lowest BCUT2D eigenvalue weighted by Crippen LogP contribution is -2.15. The Balaban J connectivity index is 1.69. The average Bonchev–Trinajstić information content (AvgIpc) is 2.63. The quantitative estimate of drug-likeness (QED) is 0.559. The highest BCUT2D eigenvalue weighted by Crippen LogP contribution is 2.12. The van der Waals surface area contributed by atoms with E-state index in [1.807, 2.05) is 67.6 Å². The molecule has 3 aromatic rings. The Kier molecular flexibility index (Phi) is 4.76. The molecular weight excluding hydrogens is 302 g/mol. The van der Waals surface area contributed by atoms with Gasteiger partial charge in [-0.3, -0.25) is 9.78 Å². The van der Waals surface area contributed by atoms with E-state index in [4.69, 9.17) is 0 Å². The Labute approximate surface area is 139 Å². The molecule has 0 aliphatic heterocycles. The van der Waals surface area contributed by atoms with Crippen LogP contribution in [0.3, 0.4) is 0 Å². The number of hydrogen-bond donors (Lipinski definition) is 2. The molecule has 6 nitrogen and oxygen atoms in total. The van der Waals surface area contributed by atoms with Gasteiger partial charge in [0.15, 0.2) is 5.69 Å². The molecule has 0 bridgehead atoms. The lowest BCUT2D eigenvalue weighted by molar-refractivity contribution is 0.943. The first-order valence-corrected chi connectivity index (χ1v) is 7.60. The van der Waals surface area contributed by atoms with Gasteiger partial charge in [0.25, 0.3) is 5.56 Å². The van der Waals surface area contributed by atoms with Gasteiger partial charge in [0, 0.05) is 17.7 Å². The number of H-pyrrole nitrogens is 1. The van der Waals surface area contributed by atoms with E-state index in [2.05, 4.69) is 25.7 Å². The van der Waals surface area contributed by atoms with E-state index < -0.39 is 0 Å². The molecule has 2 N–H and O–H groups in total. The van der Waals surface area contributed by atoms with Crippen LogP contribution in [0.25, 0.3) is 11.3 Å². The summed E-state index contributed by atoms with van der Waals surface area (Å²) in [5.74, 6) is 0.346. The smallest absolute Gasteiger partial charge is 0.279 e. The van der Waals surface area contributed by atoms with Crippen LogP contribution >= 0.6 is 0 Å². The van der Waals surface area contributed by atoms with Crippen LogP contribution in [-0.4, -0.2) is 21.4 Å². The summed E-state index contributed by atoms with van der Waals surface area (Å²) in [7, 11) is 0. The van der Waals surface area contributed by atoms with E-state index in [1.165, 1.54) is 0 Å². The van der Waals surface area contributed by atoms with Gasteiger partial charge in [0.2, 0.25) is 5.95 Å². The second-order valence-corrected chi connectivity index (χ2v) is 5.31. The van der Waals surface area contributed by atoms with E-state index >= 15 is 0 Å². The second kappa shape index (κ2) is 7.32. The van der Waals surface area contributed by atoms with Crippen molar-refractivity contribution in [3.63, 3.8) is 0 Å². The summed E-state index contributed by atoms with van der Waals surface area (Å²) in [6.45, 7) is 2.04. The molecule has 0 spiro atoms. The zero-order chi connectivity index (χ0) is 16.8. The van der Waals surface area contributed by atoms with E-state index in [9.17, 15) is 4.79 Å². The summed E-state index contributed by atoms with van der Waals surface area (Å²) >= 11 is 0. The van der Waals surface area contributed by atoms with Crippen molar-refractivity contribution in [1.29, 1.82) is 0 Å². The number of rotatable bonds is 5. The zero-order valence-electron chi connectivity index (χ0n) is 13.2. The predicted molar refractivity (Wildman–Crippen MR) is 95.1 cm³/mol. The largest absolute Gasteiger partial charge is 0.288 e. The van der Waals surface area contributed by atoms with Crippen LogP contribution in [0.2, 0.25) is 0 Å². The van der Waals surface area contributed by atoms with Crippen LogP contribution in [0.5, 0.6) is 0 Å². The fourth-order valence-electron chi connectivity index (χ4n) is 2.23. The zero-order valence-corrected chi connectivity index (χ0v) is 13.2. The lowest BCUT2D eigenvalue weighted by atomic mass is 10.0. The molecule has 0 amide bonds. The second-order valence-electron chi connectivity index (χ2n) is 5.31. The molecule has 0 aliphatic rings. The SMILES string of the molecule is C[C@@H](/C=N\Nc1nnc(-c2ccccc2)c(=O)[nH]1)c1ccccc1. The number of hydrogen-bond acceptors (Lipinski definition) is 5. The third-order valence-electron chi connectivity index (χ3n) is 3.54. The molecule has 1 atom stereocenters. The van der Waals surface area contributed by atoms with Crippen molar-refractivity contribution < 1.29 is 0 Å². The Morgan fingerprint density at radius 2 is 1.71 bits per heavy atom. The molecule has 24 heavy (non-hydrogen) atoms. The van der Waals surface area contributed by atoms with Gasteiger partial charge in [-0.05, 0) is 5.56 Å². The summed E-state index contributed by atoms with van der Waals surface area (Å²) in [5, 5.41) is 12.0. The van der Waals surface area contributed by atoms with E-state index in [0.717, 1.165) is 11.1 Å². The van der Waals surface area contributed by atoms with Crippen molar-refractivity contribution in [2.75, 3.05) is 5.43 Å². The molecule has 0 fully saturated rings. The molecule has 0 aliphatic carbocycles. The average molecular weight is 319 g/mol. The van der Waals surface area contributed by atoms with Crippen molar-refractivity contribution in [2.45, 2.75) is 12.8 Å². The van der Waals surface area contributed by atoms with Gasteiger partial charge in [0.1, 0.15) is 0 Å². The number of hydrazone groups is 1. The van der Waals surface area contributed by atoms with Gasteiger partial charge < -0.3 is 0 Å². The molecule has 0 radical (unpaired) electrons. The summed E-state index contributed by atoms with van der Waals surface area (Å²) in [5.41, 5.74) is 4.55. The first kappa shape index (κ1) is 15.6. The Bertz CT molecular complexity index is 875. The van der Waals surface area contributed by atoms with Gasteiger partial charge in [-0.2, -0.15) is 5.10 Å². The van der Waals surface area contributed by atoms with Gasteiger partial charge in [-0.1, -0.05) is 67.6 Å². The fraction of sp³-hybridized carbons (Fsp3) is 0.111. The molecule has 0 saturated heterocycles. The summed E-state index contributed by atoms with van der Waals surface area (Å²) < 4.78 is 0. The highest BCUT2D eigenvalue weighted by Gasteiger charge is 2.06. The number of aromatic amines is 1. The third-order valence-corrected chi connectivity index (χ3v) is 3.54. The first-order valence-electron chi connectivity index (χ1n) is 7.60. The van der Waals surface area contributed by atoms with E-state index in [1.54, 1.807) is 6.21 Å². The maximum Gasteiger partial charge on any atom is 0.279 e. The minimum absolute atomic E-state index is 0.141. The third kappa shape index (κ3) is 3.73. The molecular formula is C18H17N5O. The van der Waals surface area contributed by atoms with Crippen molar-refractivity contribution in [1.82, 2.24) is 15.2 Å². The predicted octanol–water partition coefficient (Wildman–Crippen LogP) is 3.03. The van der Waals surface area contributed by atoms with Gasteiger partial charge in [-0.15, -0.1) is 10.2 Å². The van der Waals surface area contributed by atoms with Crippen molar-refractivity contribution >= 4 is 12.2 Å². The molecule has 6 heteroatoms. The summed E-state index contributed by atoms with van der Waals surface area (Å²) in [4.78, 5) is 14.7. The number of nitrogens with zero attached hydrogens (tertiary/aromatic N) is 3. The highest BCUT2D eigenvalue weighted by molar-refractivity contribution is 5.68. The molecule has 1 aromatic heterocycles. The monoisotopic (exact) mass is 319 g/mol. The number of anilines is 1. The Morgan fingerprint density at radius 1 is 1.04 bits per heavy atom. The molecule has 1 heterocycles. The highest BCUT2D eigenvalue weighted by atomic mass is 16.1. The molecule has 120 valence electrons. The van der Waals surface area contributed by atoms with E-state index in [0.29, 0.717) is 0 Å². The minimum Gasteiger partial charge on any atom is -0.288 e. The van der Waals surface area contributed by atoms with Crippen molar-refractivity contribution in [3.05, 3.63) is 76.6 Å². The number of aromatic nitrogens is 3. The van der Waals surface area contributed by atoms with Crippen molar-refractivity contribution in [2.24, 2.45) is 5.10 Å². The molecule has 2 aromatic carbocycles. The Hall–Kier alpha value is -3.28. The maximum absolute atomic E-state index is 12.1. The fourth-order valence-corrected chi connectivity index (χ4v) is 2.23. The summed E-state index contributed by atoms with van der Waals surface area (Å²) in [6.07, 6.45) is 1.75. The molecule has 0 saturated carbocycles. The van der Waals surface area contributed by atoms with Crippen LogP contribution in [0, 0.1) is 0 Å². The van der Waals surface area contributed by atoms with Crippen LogP contribution in [0.1, 0.15) is 18.4 Å². The van der Waals surface area contributed by atoms with Crippen LogP contribution in [-0.2, 0) is 0 Å². The number of nitrogens with one attached hydrogen (secondary N) is 2. The Morgan fingerprint density at radius 3 is 2.38 bits per heavy atom. The molecule has 0 unspecified atom stereocenters. The molecule has 3 rings (SSSR count). The topological polar surface area (TPSA) is 83.0 Å². The van der Waals surface area contributed by atoms with Crippen LogP contribution in [0.15, 0.2) is 70.6 Å². The standard InChI is InChI=1S/C18H17N5O/c1-13(14-8-4-2-5-9-14)12-19-22-18-20-17(24)16(21-23-18)15-10-6-3-7-11-15/h2-13H,1H3,(H2,20,22,23,24)/b19-12-/t13-/m0/s1. The maximum atomic E-state index is 12.1.